The molecule has 14 heteroatoms. The molecular weight excluding hydrogens is 418 g/mol. The average molecular weight is 442 g/mol. The molecule has 0 aliphatic rings. The maximum Gasteiger partial charge on any atom is 0.243 e. The number of amidine groups is 1. The Morgan fingerprint density at radius 2 is 2.07 bits per heavy atom. The van der Waals surface area contributed by atoms with Crippen molar-refractivity contribution in [2.45, 2.75) is 22.8 Å². The van der Waals surface area contributed by atoms with Gasteiger partial charge in [-0.1, -0.05) is 0 Å². The predicted molar refractivity (Wildman–Crippen MR) is 112 cm³/mol. The summed E-state index contributed by atoms with van der Waals surface area (Å²) < 4.78 is 40.5. The molecule has 0 fully saturated rings. The zero-order chi connectivity index (χ0) is 21.8. The molecule has 0 aliphatic heterocycles. The lowest BCUT2D eigenvalue weighted by molar-refractivity contribution is 0.556. The predicted octanol–water partition coefficient (Wildman–Crippen LogP) is -1.98. The second-order valence-corrected chi connectivity index (χ2v) is 8.69. The Morgan fingerprint density at radius 1 is 1.38 bits per heavy atom. The third-order valence-electron chi connectivity index (χ3n) is 3.80. The molecule has 1 heterocycles. The van der Waals surface area contributed by atoms with Gasteiger partial charge in [0.1, 0.15) is 5.82 Å². The van der Waals surface area contributed by atoms with E-state index < -0.39 is 26.3 Å². The largest absolute Gasteiger partial charge is 0.593 e. The van der Waals surface area contributed by atoms with Gasteiger partial charge in [0.05, 0.1) is 23.0 Å². The van der Waals surface area contributed by atoms with Crippen molar-refractivity contribution in [2.24, 2.45) is 27.6 Å². The lowest BCUT2D eigenvalue weighted by Crippen LogP contribution is -2.39. The second-order valence-electron chi connectivity index (χ2n) is 5.98. The Balaban J connectivity index is 2.87. The van der Waals surface area contributed by atoms with E-state index in [1.807, 2.05) is 5.53 Å². The SMILES string of the molecule is CC(CN)N[S+]([O-])c1ccc(-c2ccnc(N)c2)c(/C(N)=N/NN)c1S(N)(=O)=O. The summed E-state index contributed by atoms with van der Waals surface area (Å²) in [6.45, 7) is 1.87. The van der Waals surface area contributed by atoms with E-state index in [2.05, 4.69) is 14.8 Å². The van der Waals surface area contributed by atoms with Gasteiger partial charge in [0.25, 0.3) is 0 Å². The average Bonchev–Trinajstić information content (AvgIpc) is 2.66. The number of aromatic nitrogens is 1. The van der Waals surface area contributed by atoms with Gasteiger partial charge in [-0.05, 0) is 42.3 Å². The highest BCUT2D eigenvalue weighted by Crippen LogP contribution is 2.33. The first kappa shape index (κ1) is 22.8. The number of rotatable bonds is 8. The van der Waals surface area contributed by atoms with Crippen LogP contribution in [0.5, 0.6) is 0 Å². The van der Waals surface area contributed by atoms with E-state index in [0.29, 0.717) is 11.1 Å². The minimum Gasteiger partial charge on any atom is -0.593 e. The Morgan fingerprint density at radius 3 is 2.62 bits per heavy atom. The summed E-state index contributed by atoms with van der Waals surface area (Å²) in [6.07, 6.45) is 1.44. The van der Waals surface area contributed by atoms with Crippen LogP contribution in [0.15, 0.2) is 45.4 Å². The summed E-state index contributed by atoms with van der Waals surface area (Å²) in [4.78, 5) is 3.34. The van der Waals surface area contributed by atoms with Crippen LogP contribution < -0.4 is 38.4 Å². The fourth-order valence-electron chi connectivity index (χ4n) is 2.52. The van der Waals surface area contributed by atoms with Crippen LogP contribution in [-0.4, -0.2) is 36.4 Å². The van der Waals surface area contributed by atoms with Crippen molar-refractivity contribution < 1.29 is 13.0 Å². The first-order valence-corrected chi connectivity index (χ1v) is 10.9. The molecule has 2 unspecified atom stereocenters. The number of primary sulfonamides is 1. The number of sulfonamides is 1. The molecule has 0 radical (unpaired) electrons. The van der Waals surface area contributed by atoms with Crippen LogP contribution in [-0.2, 0) is 21.4 Å². The van der Waals surface area contributed by atoms with E-state index in [1.165, 1.54) is 24.4 Å². The van der Waals surface area contributed by atoms with Crippen molar-refractivity contribution in [3.8, 4) is 11.1 Å². The Labute approximate surface area is 171 Å². The summed E-state index contributed by atoms with van der Waals surface area (Å²) in [5.41, 5.74) is 20.0. The van der Waals surface area contributed by atoms with Gasteiger partial charge < -0.3 is 21.8 Å². The molecule has 0 spiro atoms. The first-order chi connectivity index (χ1) is 13.6. The van der Waals surface area contributed by atoms with Crippen molar-refractivity contribution in [3.63, 3.8) is 0 Å². The van der Waals surface area contributed by atoms with Crippen LogP contribution >= 0.6 is 0 Å². The van der Waals surface area contributed by atoms with Crippen LogP contribution in [0, 0.1) is 0 Å². The number of nitrogens with zero attached hydrogens (tertiary/aromatic N) is 2. The Hall–Kier alpha value is -2.46. The highest BCUT2D eigenvalue weighted by Gasteiger charge is 2.32. The van der Waals surface area contributed by atoms with E-state index >= 15 is 0 Å². The Kier molecular flexibility index (Phi) is 7.37. The maximum atomic E-state index is 12.8. The van der Waals surface area contributed by atoms with Gasteiger partial charge in [0, 0.05) is 12.7 Å². The van der Waals surface area contributed by atoms with E-state index in [1.54, 1.807) is 13.0 Å². The fraction of sp³-hybridized carbons (Fsp3) is 0.200. The van der Waals surface area contributed by atoms with Crippen molar-refractivity contribution in [2.75, 3.05) is 12.3 Å². The van der Waals surface area contributed by atoms with E-state index in [4.69, 9.17) is 28.2 Å². The quantitative estimate of drug-likeness (QED) is 0.0783. The molecule has 0 bridgehead atoms. The van der Waals surface area contributed by atoms with Crippen molar-refractivity contribution >= 4 is 33.0 Å². The third-order valence-corrected chi connectivity index (χ3v) is 6.28. The number of anilines is 1. The lowest BCUT2D eigenvalue weighted by Gasteiger charge is -2.20. The van der Waals surface area contributed by atoms with Crippen LogP contribution in [0.3, 0.4) is 0 Å². The third kappa shape index (κ3) is 5.33. The van der Waals surface area contributed by atoms with Crippen LogP contribution in [0.2, 0.25) is 0 Å². The van der Waals surface area contributed by atoms with Crippen LogP contribution in [0.1, 0.15) is 12.5 Å². The molecule has 12 nitrogen and oxygen atoms in total. The number of pyridine rings is 1. The monoisotopic (exact) mass is 441 g/mol. The van der Waals surface area contributed by atoms with E-state index in [0.717, 1.165) is 0 Å². The van der Waals surface area contributed by atoms with Gasteiger partial charge in [-0.25, -0.2) is 29.9 Å². The standard InChI is InChI=1S/C15H23N9O3S2/c1-8(7-16)23-28(25)11-3-2-10(9-4-5-21-12(17)6-9)13(15(18)22-24-19)14(11)29(20,26)27/h2-6,8,23-24H,7,16,19H2,1H3,(H2,17,21)(H2,18,22)(H2,20,26,27). The molecule has 1 aromatic carbocycles. The Bertz CT molecular complexity index is 1010. The maximum absolute atomic E-state index is 12.8. The van der Waals surface area contributed by atoms with Gasteiger partial charge in [-0.15, -0.1) is 9.82 Å². The fourth-order valence-corrected chi connectivity index (χ4v) is 5.00. The van der Waals surface area contributed by atoms with Gasteiger partial charge in [-0.3, -0.25) is 0 Å². The smallest absolute Gasteiger partial charge is 0.243 e. The molecule has 0 saturated carbocycles. The number of benzene rings is 1. The molecule has 0 saturated heterocycles. The number of nitrogen functional groups attached to an aromatic ring is 1. The van der Waals surface area contributed by atoms with E-state index in [-0.39, 0.29) is 34.7 Å². The molecule has 2 aromatic rings. The number of hydrogen-bond donors (Lipinski definition) is 7. The second kappa shape index (κ2) is 9.36. The van der Waals surface area contributed by atoms with Crippen LogP contribution in [0.4, 0.5) is 5.82 Å². The topological polar surface area (TPSA) is 237 Å². The number of hydrazine groups is 1. The number of hydrazone groups is 1. The molecule has 29 heavy (non-hydrogen) atoms. The molecule has 2 rings (SSSR count). The zero-order valence-corrected chi connectivity index (χ0v) is 17.1. The van der Waals surface area contributed by atoms with Gasteiger partial charge in [0.2, 0.25) is 10.0 Å². The van der Waals surface area contributed by atoms with Gasteiger partial charge in [0.15, 0.2) is 15.6 Å². The summed E-state index contributed by atoms with van der Waals surface area (Å²) in [7, 11) is -4.40. The lowest BCUT2D eigenvalue weighted by atomic mass is 9.99. The molecule has 0 amide bonds. The van der Waals surface area contributed by atoms with Crippen molar-refractivity contribution in [3.05, 3.63) is 36.0 Å². The highest BCUT2D eigenvalue weighted by molar-refractivity contribution is 7.92. The highest BCUT2D eigenvalue weighted by atomic mass is 32.2. The summed E-state index contributed by atoms with van der Waals surface area (Å²) >= 11 is -1.96. The summed E-state index contributed by atoms with van der Waals surface area (Å²) in [5.74, 6) is 5.12. The minimum absolute atomic E-state index is 0.0795. The summed E-state index contributed by atoms with van der Waals surface area (Å²) in [6, 6.07) is 5.64. The van der Waals surface area contributed by atoms with Crippen molar-refractivity contribution in [1.82, 2.24) is 15.2 Å². The van der Waals surface area contributed by atoms with E-state index in [9.17, 15) is 13.0 Å². The summed E-state index contributed by atoms with van der Waals surface area (Å²) in [5, 5.41) is 9.13. The zero-order valence-electron chi connectivity index (χ0n) is 15.5. The van der Waals surface area contributed by atoms with Crippen LogP contribution in [0.25, 0.3) is 11.1 Å². The minimum atomic E-state index is -4.40. The molecule has 158 valence electrons. The number of nitrogens with one attached hydrogen (secondary N) is 2. The molecule has 0 aliphatic carbocycles. The molecule has 12 N–H and O–H groups in total. The van der Waals surface area contributed by atoms with Crippen molar-refractivity contribution in [1.29, 1.82) is 0 Å². The molecule has 2 atom stereocenters. The van der Waals surface area contributed by atoms with Gasteiger partial charge in [-0.2, -0.15) is 0 Å². The molecular formula is C15H23N9O3S2. The number of nitrogens with two attached hydrogens (primary N) is 5. The van der Waals surface area contributed by atoms with Gasteiger partial charge >= 0.3 is 0 Å². The molecule has 1 aromatic heterocycles. The normalized spacial score (nSPS) is 14.4. The first-order valence-electron chi connectivity index (χ1n) is 8.19. The number of hydrogen-bond acceptors (Lipinski definition) is 10.